The van der Waals surface area contributed by atoms with Gasteiger partial charge in [0.05, 0.1) is 13.7 Å². The molecule has 23 heavy (non-hydrogen) atoms. The summed E-state index contributed by atoms with van der Waals surface area (Å²) in [5.41, 5.74) is -0.397. The Labute approximate surface area is 135 Å². The van der Waals surface area contributed by atoms with E-state index in [4.69, 9.17) is 9.47 Å². The van der Waals surface area contributed by atoms with Crippen molar-refractivity contribution < 1.29 is 23.9 Å². The number of methoxy groups -OCH3 is 1. The quantitative estimate of drug-likeness (QED) is 0.649. The van der Waals surface area contributed by atoms with Gasteiger partial charge in [0.1, 0.15) is 11.5 Å². The smallest absolute Gasteiger partial charge is 0.332 e. The summed E-state index contributed by atoms with van der Waals surface area (Å²) in [4.78, 5) is 36.8. The number of hydrogen-bond donors (Lipinski definition) is 1. The summed E-state index contributed by atoms with van der Waals surface area (Å²) in [6.07, 6.45) is 0.257. The lowest BCUT2D eigenvalue weighted by Crippen LogP contribution is -2.55. The molecule has 6 heteroatoms. The average molecular weight is 319 g/mol. The molecule has 0 aromatic heterocycles. The van der Waals surface area contributed by atoms with Crippen LogP contribution in [0, 0.1) is 11.8 Å². The molecule has 0 radical (unpaired) electrons. The second kappa shape index (κ2) is 6.81. The molecule has 1 aliphatic rings. The summed E-state index contributed by atoms with van der Waals surface area (Å²) in [6, 6.07) is 9.31. The molecule has 0 unspecified atom stereocenters. The first kappa shape index (κ1) is 17.0. The van der Waals surface area contributed by atoms with Crippen LogP contribution >= 0.6 is 0 Å². The molecule has 1 aromatic carbocycles. The van der Waals surface area contributed by atoms with Gasteiger partial charge in [-0.15, -0.1) is 0 Å². The number of hydrogen-bond acceptors (Lipinski definition) is 5. The van der Waals surface area contributed by atoms with Gasteiger partial charge in [-0.3, -0.25) is 9.59 Å². The number of esters is 2. The van der Waals surface area contributed by atoms with Crippen molar-refractivity contribution in [2.75, 3.05) is 13.7 Å². The highest BCUT2D eigenvalue weighted by Crippen LogP contribution is 2.36. The molecule has 6 nitrogen and oxygen atoms in total. The van der Waals surface area contributed by atoms with Crippen LogP contribution in [0.5, 0.6) is 0 Å². The molecule has 124 valence electrons. The lowest BCUT2D eigenvalue weighted by Gasteiger charge is -2.31. The Morgan fingerprint density at radius 1 is 1.26 bits per heavy atom. The fourth-order valence-corrected chi connectivity index (χ4v) is 3.05. The Hall–Kier alpha value is -2.37. The predicted octanol–water partition coefficient (Wildman–Crippen LogP) is 1.09. The average Bonchev–Trinajstić information content (AvgIpc) is 2.79. The molecule has 1 saturated heterocycles. The third-order valence-corrected chi connectivity index (χ3v) is 4.33. The van der Waals surface area contributed by atoms with Crippen LogP contribution in [0.15, 0.2) is 30.3 Å². The standard InChI is InChI=1S/C17H21NO5/c1-4-23-16(21)17(10-12-8-6-5-7-9-12)11(2)13(14(19)18-17)15(20)22-3/h5-9,11,13H,4,10H2,1-3H3,(H,18,19)/t11-,13+,17-/m0/s1. The van der Waals surface area contributed by atoms with Crippen molar-refractivity contribution >= 4 is 17.8 Å². The first-order valence-electron chi connectivity index (χ1n) is 7.57. The maximum atomic E-state index is 12.6. The number of rotatable bonds is 5. The fourth-order valence-electron chi connectivity index (χ4n) is 3.05. The second-order valence-electron chi connectivity index (χ2n) is 5.63. The zero-order valence-corrected chi connectivity index (χ0v) is 13.5. The molecule has 0 spiro atoms. The molecule has 1 aromatic rings. The van der Waals surface area contributed by atoms with Gasteiger partial charge in [0.25, 0.3) is 0 Å². The van der Waals surface area contributed by atoms with Crippen molar-refractivity contribution in [1.29, 1.82) is 0 Å². The minimum atomic E-state index is -1.27. The van der Waals surface area contributed by atoms with Gasteiger partial charge in [-0.1, -0.05) is 37.3 Å². The minimum absolute atomic E-state index is 0.195. The highest BCUT2D eigenvalue weighted by atomic mass is 16.5. The van der Waals surface area contributed by atoms with Gasteiger partial charge < -0.3 is 14.8 Å². The van der Waals surface area contributed by atoms with Crippen molar-refractivity contribution in [3.05, 3.63) is 35.9 Å². The fraction of sp³-hybridized carbons (Fsp3) is 0.471. The van der Waals surface area contributed by atoms with E-state index in [1.165, 1.54) is 7.11 Å². The van der Waals surface area contributed by atoms with Gasteiger partial charge in [-0.25, -0.2) is 4.79 Å². The van der Waals surface area contributed by atoms with E-state index in [0.717, 1.165) is 5.56 Å². The first-order chi connectivity index (χ1) is 11.0. The van der Waals surface area contributed by atoms with Crippen LogP contribution in [0.2, 0.25) is 0 Å². The number of amides is 1. The molecule has 1 N–H and O–H groups in total. The molecular weight excluding hydrogens is 298 g/mol. The monoisotopic (exact) mass is 319 g/mol. The number of carbonyl (C=O) groups is 3. The van der Waals surface area contributed by atoms with E-state index in [0.29, 0.717) is 0 Å². The molecule has 1 aliphatic heterocycles. The summed E-state index contributed by atoms with van der Waals surface area (Å²) in [7, 11) is 1.23. The van der Waals surface area contributed by atoms with Crippen molar-refractivity contribution in [1.82, 2.24) is 5.32 Å². The third kappa shape index (κ3) is 3.06. The Bertz CT molecular complexity index is 600. The van der Waals surface area contributed by atoms with Crippen LogP contribution in [0.4, 0.5) is 0 Å². The van der Waals surface area contributed by atoms with Gasteiger partial charge in [-0.05, 0) is 12.5 Å². The molecule has 1 amide bonds. The van der Waals surface area contributed by atoms with Gasteiger partial charge in [0.15, 0.2) is 0 Å². The van der Waals surface area contributed by atoms with E-state index in [2.05, 4.69) is 5.32 Å². The highest BCUT2D eigenvalue weighted by Gasteiger charge is 2.59. The van der Waals surface area contributed by atoms with E-state index in [9.17, 15) is 14.4 Å². The molecule has 2 rings (SSSR count). The number of benzene rings is 1. The Balaban J connectivity index is 2.41. The molecule has 3 atom stereocenters. The maximum absolute atomic E-state index is 12.6. The summed E-state index contributed by atoms with van der Waals surface area (Å²) in [6.45, 7) is 3.59. The lowest BCUT2D eigenvalue weighted by atomic mass is 9.77. The Kier molecular flexibility index (Phi) is 5.03. The summed E-state index contributed by atoms with van der Waals surface area (Å²) in [5, 5.41) is 2.70. The zero-order valence-electron chi connectivity index (χ0n) is 13.5. The van der Waals surface area contributed by atoms with Crippen LogP contribution < -0.4 is 5.32 Å². The van der Waals surface area contributed by atoms with E-state index >= 15 is 0 Å². The van der Waals surface area contributed by atoms with Crippen LogP contribution in [-0.2, 0) is 30.3 Å². The third-order valence-electron chi connectivity index (χ3n) is 4.33. The van der Waals surface area contributed by atoms with Gasteiger partial charge in [0.2, 0.25) is 5.91 Å². The SMILES string of the molecule is CCOC(=O)[C@@]1(Cc2ccccc2)NC(=O)[C@H](C(=O)OC)[C@@H]1C. The molecular formula is C17H21NO5. The molecule has 1 fully saturated rings. The summed E-state index contributed by atoms with van der Waals surface area (Å²) >= 11 is 0. The maximum Gasteiger partial charge on any atom is 0.332 e. The number of carbonyl (C=O) groups excluding carboxylic acids is 3. The van der Waals surface area contributed by atoms with E-state index in [1.807, 2.05) is 30.3 Å². The normalized spacial score (nSPS) is 26.5. The van der Waals surface area contributed by atoms with E-state index in [1.54, 1.807) is 13.8 Å². The summed E-state index contributed by atoms with van der Waals surface area (Å²) in [5.74, 6) is -3.28. The predicted molar refractivity (Wildman–Crippen MR) is 82.3 cm³/mol. The molecule has 1 heterocycles. The lowest BCUT2D eigenvalue weighted by molar-refractivity contribution is -0.153. The van der Waals surface area contributed by atoms with Crippen LogP contribution in [-0.4, -0.2) is 37.1 Å². The van der Waals surface area contributed by atoms with Crippen molar-refractivity contribution in [2.45, 2.75) is 25.8 Å². The number of nitrogens with one attached hydrogen (secondary N) is 1. The minimum Gasteiger partial charge on any atom is -0.468 e. The van der Waals surface area contributed by atoms with Crippen LogP contribution in [0.1, 0.15) is 19.4 Å². The van der Waals surface area contributed by atoms with Crippen molar-refractivity contribution in [3.8, 4) is 0 Å². The van der Waals surface area contributed by atoms with Gasteiger partial charge >= 0.3 is 11.9 Å². The van der Waals surface area contributed by atoms with Crippen molar-refractivity contribution in [2.24, 2.45) is 11.8 Å². The topological polar surface area (TPSA) is 81.7 Å². The summed E-state index contributed by atoms with van der Waals surface area (Å²) < 4.78 is 9.88. The zero-order chi connectivity index (χ0) is 17.0. The second-order valence-corrected chi connectivity index (χ2v) is 5.63. The molecule has 0 aliphatic carbocycles. The van der Waals surface area contributed by atoms with E-state index in [-0.39, 0.29) is 13.0 Å². The van der Waals surface area contributed by atoms with Gasteiger partial charge in [-0.2, -0.15) is 0 Å². The number of ether oxygens (including phenoxy) is 2. The Morgan fingerprint density at radius 3 is 2.48 bits per heavy atom. The first-order valence-corrected chi connectivity index (χ1v) is 7.57. The Morgan fingerprint density at radius 2 is 1.91 bits per heavy atom. The molecule has 0 saturated carbocycles. The van der Waals surface area contributed by atoms with Crippen LogP contribution in [0.3, 0.4) is 0 Å². The van der Waals surface area contributed by atoms with Crippen LogP contribution in [0.25, 0.3) is 0 Å². The molecule has 0 bridgehead atoms. The van der Waals surface area contributed by atoms with Crippen molar-refractivity contribution in [3.63, 3.8) is 0 Å². The largest absolute Gasteiger partial charge is 0.468 e. The van der Waals surface area contributed by atoms with E-state index < -0.39 is 35.2 Å². The highest BCUT2D eigenvalue weighted by molar-refractivity contribution is 6.04. The van der Waals surface area contributed by atoms with Gasteiger partial charge in [0, 0.05) is 12.3 Å².